The molecule has 1 fully saturated rings. The molecular formula is C15H24N6O2. The van der Waals surface area contributed by atoms with Crippen LogP contribution >= 0.6 is 0 Å². The van der Waals surface area contributed by atoms with Crippen molar-refractivity contribution in [2.45, 2.75) is 32.7 Å². The molecule has 1 unspecified atom stereocenters. The third-order valence-corrected chi connectivity index (χ3v) is 4.05. The van der Waals surface area contributed by atoms with Crippen LogP contribution in [0.15, 0.2) is 0 Å². The molecule has 1 aliphatic heterocycles. The Labute approximate surface area is 135 Å². The van der Waals surface area contributed by atoms with Crippen LogP contribution in [0.1, 0.15) is 26.2 Å². The lowest BCUT2D eigenvalue weighted by Crippen LogP contribution is -2.13. The van der Waals surface area contributed by atoms with E-state index in [2.05, 4.69) is 27.2 Å². The number of nitrogens with zero attached hydrogens (tertiary/aromatic N) is 4. The van der Waals surface area contributed by atoms with Crippen molar-refractivity contribution in [2.24, 2.45) is 5.92 Å². The standard InChI is InChI=1S/C15H24N6O2/c1-3-4-6-17-14-19-12(16)11-13(20-14)21(15(18-11)22-2)8-10-5-7-23-9-10/h10H,3-9H2,1-2H3,(H3,16,17,19,20). The smallest absolute Gasteiger partial charge is 0.298 e. The van der Waals surface area contributed by atoms with Gasteiger partial charge in [0, 0.05) is 25.6 Å². The third-order valence-electron chi connectivity index (χ3n) is 4.05. The van der Waals surface area contributed by atoms with Crippen molar-refractivity contribution in [2.75, 3.05) is 37.9 Å². The highest BCUT2D eigenvalue weighted by atomic mass is 16.5. The molecule has 1 atom stereocenters. The number of nitrogens with two attached hydrogens (primary N) is 1. The minimum Gasteiger partial charge on any atom is -0.468 e. The Morgan fingerprint density at radius 2 is 2.26 bits per heavy atom. The van der Waals surface area contributed by atoms with Gasteiger partial charge in [-0.25, -0.2) is 0 Å². The van der Waals surface area contributed by atoms with Crippen LogP contribution in [0, 0.1) is 5.92 Å². The number of unbranched alkanes of at least 4 members (excludes halogenated alkanes) is 1. The van der Waals surface area contributed by atoms with Crippen LogP contribution in [0.25, 0.3) is 11.2 Å². The predicted molar refractivity (Wildman–Crippen MR) is 88.6 cm³/mol. The first-order valence-electron chi connectivity index (χ1n) is 8.12. The fraction of sp³-hybridized carbons (Fsp3) is 0.667. The van der Waals surface area contributed by atoms with Crippen molar-refractivity contribution in [1.29, 1.82) is 0 Å². The molecule has 0 bridgehead atoms. The molecule has 3 rings (SSSR count). The third kappa shape index (κ3) is 3.31. The number of rotatable bonds is 7. The maximum Gasteiger partial charge on any atom is 0.298 e. The number of anilines is 2. The van der Waals surface area contributed by atoms with Gasteiger partial charge in [-0.2, -0.15) is 15.0 Å². The highest BCUT2D eigenvalue weighted by molar-refractivity contribution is 5.84. The monoisotopic (exact) mass is 320 g/mol. The molecule has 3 N–H and O–H groups in total. The lowest BCUT2D eigenvalue weighted by atomic mass is 10.1. The zero-order chi connectivity index (χ0) is 16.2. The zero-order valence-corrected chi connectivity index (χ0v) is 13.7. The second-order valence-electron chi connectivity index (χ2n) is 5.82. The van der Waals surface area contributed by atoms with E-state index in [0.29, 0.717) is 34.9 Å². The maximum atomic E-state index is 6.06. The first-order chi connectivity index (χ1) is 11.2. The first-order valence-corrected chi connectivity index (χ1v) is 8.12. The summed E-state index contributed by atoms with van der Waals surface area (Å²) < 4.78 is 12.8. The maximum absolute atomic E-state index is 6.06. The van der Waals surface area contributed by atoms with Crippen molar-refractivity contribution in [3.63, 3.8) is 0 Å². The van der Waals surface area contributed by atoms with Gasteiger partial charge >= 0.3 is 0 Å². The van der Waals surface area contributed by atoms with Crippen LogP contribution in [-0.2, 0) is 11.3 Å². The van der Waals surface area contributed by atoms with E-state index in [1.807, 2.05) is 4.57 Å². The quantitative estimate of drug-likeness (QED) is 0.748. The number of hydrogen-bond acceptors (Lipinski definition) is 7. The fourth-order valence-electron chi connectivity index (χ4n) is 2.76. The van der Waals surface area contributed by atoms with Crippen LogP contribution in [0.2, 0.25) is 0 Å². The van der Waals surface area contributed by atoms with E-state index in [1.54, 1.807) is 7.11 Å². The summed E-state index contributed by atoms with van der Waals surface area (Å²) in [6.45, 7) is 5.28. The predicted octanol–water partition coefficient (Wildman–Crippen LogP) is 1.67. The van der Waals surface area contributed by atoms with Gasteiger partial charge in [-0.3, -0.25) is 4.57 Å². The molecular weight excluding hydrogens is 296 g/mol. The summed E-state index contributed by atoms with van der Waals surface area (Å²) in [6, 6.07) is 0.513. The summed E-state index contributed by atoms with van der Waals surface area (Å²) >= 11 is 0. The van der Waals surface area contributed by atoms with Crippen LogP contribution in [-0.4, -0.2) is 46.4 Å². The molecule has 0 saturated carbocycles. The van der Waals surface area contributed by atoms with Gasteiger partial charge in [0.1, 0.15) is 0 Å². The van der Waals surface area contributed by atoms with E-state index in [0.717, 1.165) is 45.6 Å². The lowest BCUT2D eigenvalue weighted by molar-refractivity contribution is 0.181. The average molecular weight is 320 g/mol. The Bertz CT molecular complexity index is 666. The lowest BCUT2D eigenvalue weighted by Gasteiger charge is -2.12. The Hall–Kier alpha value is -2.09. The molecule has 0 aromatic carbocycles. The summed E-state index contributed by atoms with van der Waals surface area (Å²) in [5.41, 5.74) is 7.35. The number of imidazole rings is 1. The Kier molecular flexibility index (Phi) is 4.80. The minimum absolute atomic E-state index is 0.369. The fourth-order valence-corrected chi connectivity index (χ4v) is 2.76. The van der Waals surface area contributed by atoms with Gasteiger partial charge in [0.05, 0.1) is 13.7 Å². The van der Waals surface area contributed by atoms with E-state index in [9.17, 15) is 0 Å². The molecule has 3 heterocycles. The molecule has 8 nitrogen and oxygen atoms in total. The zero-order valence-electron chi connectivity index (χ0n) is 13.7. The van der Waals surface area contributed by atoms with Crippen molar-refractivity contribution < 1.29 is 9.47 Å². The van der Waals surface area contributed by atoms with E-state index < -0.39 is 0 Å². The summed E-state index contributed by atoms with van der Waals surface area (Å²) in [4.78, 5) is 13.3. The molecule has 0 spiro atoms. The molecule has 1 saturated heterocycles. The molecule has 0 aliphatic carbocycles. The highest BCUT2D eigenvalue weighted by Crippen LogP contribution is 2.27. The van der Waals surface area contributed by atoms with Crippen LogP contribution in [0.5, 0.6) is 6.01 Å². The van der Waals surface area contributed by atoms with Crippen LogP contribution in [0.3, 0.4) is 0 Å². The molecule has 23 heavy (non-hydrogen) atoms. The summed E-state index contributed by atoms with van der Waals surface area (Å²) in [7, 11) is 1.60. The number of nitrogens with one attached hydrogen (secondary N) is 1. The molecule has 2 aromatic heterocycles. The molecule has 1 aliphatic rings. The summed E-state index contributed by atoms with van der Waals surface area (Å²) in [5.74, 6) is 1.35. The van der Waals surface area contributed by atoms with Gasteiger partial charge in [-0.1, -0.05) is 13.3 Å². The molecule has 0 radical (unpaired) electrons. The van der Waals surface area contributed by atoms with Crippen LogP contribution in [0.4, 0.5) is 11.8 Å². The van der Waals surface area contributed by atoms with E-state index in [4.69, 9.17) is 15.2 Å². The van der Waals surface area contributed by atoms with Crippen LogP contribution < -0.4 is 15.8 Å². The minimum atomic E-state index is 0.369. The molecule has 0 amide bonds. The van der Waals surface area contributed by atoms with E-state index in [-0.39, 0.29) is 0 Å². The largest absolute Gasteiger partial charge is 0.468 e. The van der Waals surface area contributed by atoms with Gasteiger partial charge in [0.25, 0.3) is 6.01 Å². The number of aromatic nitrogens is 4. The number of ether oxygens (including phenoxy) is 2. The van der Waals surface area contributed by atoms with E-state index in [1.165, 1.54) is 0 Å². The second-order valence-corrected chi connectivity index (χ2v) is 5.82. The first kappa shape index (κ1) is 15.8. The molecule has 2 aromatic rings. The molecule has 8 heteroatoms. The van der Waals surface area contributed by atoms with Gasteiger partial charge in [0.2, 0.25) is 5.95 Å². The average Bonchev–Trinajstić information content (AvgIpc) is 3.17. The number of fused-ring (bicyclic) bond motifs is 1. The number of methoxy groups -OCH3 is 1. The molecule has 126 valence electrons. The summed E-state index contributed by atoms with van der Waals surface area (Å²) in [5, 5.41) is 3.22. The van der Waals surface area contributed by atoms with Gasteiger partial charge in [-0.15, -0.1) is 0 Å². The Morgan fingerprint density at radius 3 is 2.96 bits per heavy atom. The second kappa shape index (κ2) is 6.99. The SMILES string of the molecule is CCCCNc1nc(N)c2nc(OC)n(CC3CCOC3)c2n1. The van der Waals surface area contributed by atoms with Crippen molar-refractivity contribution >= 4 is 22.9 Å². The van der Waals surface area contributed by atoms with Crippen molar-refractivity contribution in [1.82, 2.24) is 19.5 Å². The van der Waals surface area contributed by atoms with Gasteiger partial charge in [0.15, 0.2) is 17.0 Å². The highest BCUT2D eigenvalue weighted by Gasteiger charge is 2.22. The number of nitrogen functional groups attached to an aromatic ring is 1. The topological polar surface area (TPSA) is 100 Å². The summed E-state index contributed by atoms with van der Waals surface area (Å²) in [6.07, 6.45) is 3.20. The Balaban J connectivity index is 1.94. The van der Waals surface area contributed by atoms with Gasteiger partial charge < -0.3 is 20.5 Å². The van der Waals surface area contributed by atoms with Crippen molar-refractivity contribution in [3.8, 4) is 6.01 Å². The van der Waals surface area contributed by atoms with Gasteiger partial charge in [-0.05, 0) is 12.8 Å². The normalized spacial score (nSPS) is 17.7. The van der Waals surface area contributed by atoms with E-state index >= 15 is 0 Å². The van der Waals surface area contributed by atoms with Crippen molar-refractivity contribution in [3.05, 3.63) is 0 Å². The number of hydrogen-bond donors (Lipinski definition) is 2. The Morgan fingerprint density at radius 1 is 1.39 bits per heavy atom.